The summed E-state index contributed by atoms with van der Waals surface area (Å²) < 4.78 is 5.37. The molecule has 1 aliphatic rings. The molecular formula is C14H21ClN2O2. The summed E-state index contributed by atoms with van der Waals surface area (Å²) in [4.78, 5) is 14.2. The third-order valence-electron chi connectivity index (χ3n) is 3.04. The van der Waals surface area contributed by atoms with Crippen molar-refractivity contribution in [2.24, 2.45) is 0 Å². The average molecular weight is 285 g/mol. The first kappa shape index (κ1) is 15.8. The number of carbonyl (C=O) groups is 1. The number of carbonyl (C=O) groups excluding carboxylic acids is 1. The molecule has 1 aromatic rings. The van der Waals surface area contributed by atoms with Crippen molar-refractivity contribution in [3.63, 3.8) is 0 Å². The lowest BCUT2D eigenvalue weighted by atomic mass is 10.2. The molecule has 2 rings (SSSR count). The average Bonchev–Trinajstić information content (AvgIpc) is 2.68. The number of benzene rings is 1. The topological polar surface area (TPSA) is 41.6 Å². The van der Waals surface area contributed by atoms with Crippen molar-refractivity contribution in [2.45, 2.75) is 13.3 Å². The molecule has 1 fully saturated rings. The summed E-state index contributed by atoms with van der Waals surface area (Å²) in [5.74, 6) is 0.924. The van der Waals surface area contributed by atoms with Gasteiger partial charge in [0.25, 0.3) is 5.91 Å². The Hall–Kier alpha value is -1.26. The zero-order chi connectivity index (χ0) is 12.8. The summed E-state index contributed by atoms with van der Waals surface area (Å²) in [5.41, 5.74) is 0.736. The van der Waals surface area contributed by atoms with Crippen LogP contribution in [0.3, 0.4) is 0 Å². The maximum absolute atomic E-state index is 12.3. The van der Waals surface area contributed by atoms with Gasteiger partial charge in [0.15, 0.2) is 0 Å². The van der Waals surface area contributed by atoms with E-state index in [2.05, 4.69) is 5.32 Å². The van der Waals surface area contributed by atoms with Crippen LogP contribution in [0.15, 0.2) is 24.3 Å². The van der Waals surface area contributed by atoms with Gasteiger partial charge >= 0.3 is 0 Å². The molecule has 19 heavy (non-hydrogen) atoms. The van der Waals surface area contributed by atoms with Gasteiger partial charge in [-0.25, -0.2) is 0 Å². The van der Waals surface area contributed by atoms with Crippen molar-refractivity contribution in [1.29, 1.82) is 0 Å². The number of rotatable bonds is 3. The van der Waals surface area contributed by atoms with Gasteiger partial charge < -0.3 is 15.0 Å². The Labute approximate surface area is 120 Å². The highest BCUT2D eigenvalue weighted by molar-refractivity contribution is 5.94. The van der Waals surface area contributed by atoms with Crippen molar-refractivity contribution in [2.75, 3.05) is 32.8 Å². The molecule has 0 radical (unpaired) electrons. The third kappa shape index (κ3) is 4.40. The molecule has 1 N–H and O–H groups in total. The predicted octanol–water partition coefficient (Wildman–Crippen LogP) is 1.94. The Morgan fingerprint density at radius 2 is 2.00 bits per heavy atom. The van der Waals surface area contributed by atoms with Crippen LogP contribution in [0.5, 0.6) is 5.75 Å². The second kappa shape index (κ2) is 8.02. The first-order valence-corrected chi connectivity index (χ1v) is 6.54. The van der Waals surface area contributed by atoms with Crippen molar-refractivity contribution in [1.82, 2.24) is 10.2 Å². The number of hydrogen-bond donors (Lipinski definition) is 1. The van der Waals surface area contributed by atoms with E-state index < -0.39 is 0 Å². The predicted molar refractivity (Wildman–Crippen MR) is 78.2 cm³/mol. The van der Waals surface area contributed by atoms with Gasteiger partial charge in [0.2, 0.25) is 0 Å². The molecular weight excluding hydrogens is 264 g/mol. The summed E-state index contributed by atoms with van der Waals surface area (Å²) >= 11 is 0. The fraction of sp³-hybridized carbons (Fsp3) is 0.500. The minimum Gasteiger partial charge on any atom is -0.494 e. The lowest BCUT2D eigenvalue weighted by Gasteiger charge is -2.20. The van der Waals surface area contributed by atoms with Crippen LogP contribution in [0.1, 0.15) is 23.7 Å². The molecule has 0 aliphatic carbocycles. The van der Waals surface area contributed by atoms with Gasteiger partial charge in [-0.2, -0.15) is 0 Å². The van der Waals surface area contributed by atoms with Gasteiger partial charge in [0.05, 0.1) is 6.61 Å². The van der Waals surface area contributed by atoms with Gasteiger partial charge in [-0.05, 0) is 44.2 Å². The molecule has 1 aromatic carbocycles. The van der Waals surface area contributed by atoms with Crippen molar-refractivity contribution in [3.05, 3.63) is 29.8 Å². The normalized spacial score (nSPS) is 15.3. The summed E-state index contributed by atoms with van der Waals surface area (Å²) in [5, 5.41) is 3.30. The summed E-state index contributed by atoms with van der Waals surface area (Å²) in [6.45, 7) is 6.08. The van der Waals surface area contributed by atoms with Gasteiger partial charge in [-0.1, -0.05) is 0 Å². The van der Waals surface area contributed by atoms with Crippen LogP contribution in [0.25, 0.3) is 0 Å². The van der Waals surface area contributed by atoms with Gasteiger partial charge in [-0.15, -0.1) is 12.4 Å². The molecule has 1 heterocycles. The molecule has 0 unspecified atom stereocenters. The first-order chi connectivity index (χ1) is 8.81. The number of nitrogens with zero attached hydrogens (tertiary/aromatic N) is 1. The highest BCUT2D eigenvalue weighted by Crippen LogP contribution is 2.14. The minimum atomic E-state index is 0. The van der Waals surface area contributed by atoms with E-state index in [1.54, 1.807) is 0 Å². The fourth-order valence-electron chi connectivity index (χ4n) is 2.09. The monoisotopic (exact) mass is 284 g/mol. The lowest BCUT2D eigenvalue weighted by Crippen LogP contribution is -2.34. The largest absolute Gasteiger partial charge is 0.494 e. The molecule has 0 saturated carbocycles. The second-order valence-corrected chi connectivity index (χ2v) is 4.35. The summed E-state index contributed by atoms with van der Waals surface area (Å²) in [6, 6.07) is 7.39. The van der Waals surface area contributed by atoms with E-state index in [0.717, 1.165) is 43.9 Å². The standard InChI is InChI=1S/C14H20N2O2.ClH/c1-2-18-13-6-4-12(5-7-13)14(17)16-10-3-8-15-9-11-16;/h4-7,15H,2-3,8-11H2,1H3;1H. The van der Waals surface area contributed by atoms with Crippen LogP contribution < -0.4 is 10.1 Å². The Bertz CT molecular complexity index is 387. The Morgan fingerprint density at radius 3 is 2.68 bits per heavy atom. The number of halogens is 1. The zero-order valence-corrected chi connectivity index (χ0v) is 12.0. The van der Waals surface area contributed by atoms with Crippen molar-refractivity contribution >= 4 is 18.3 Å². The summed E-state index contributed by atoms with van der Waals surface area (Å²) in [7, 11) is 0. The molecule has 106 valence electrons. The zero-order valence-electron chi connectivity index (χ0n) is 11.2. The minimum absolute atomic E-state index is 0. The van der Waals surface area contributed by atoms with Gasteiger partial charge in [0, 0.05) is 25.2 Å². The van der Waals surface area contributed by atoms with E-state index in [9.17, 15) is 4.79 Å². The smallest absolute Gasteiger partial charge is 0.253 e. The summed E-state index contributed by atoms with van der Waals surface area (Å²) in [6.07, 6.45) is 1.02. The Kier molecular flexibility index (Phi) is 6.67. The molecule has 1 aliphatic heterocycles. The maximum atomic E-state index is 12.3. The number of nitrogens with one attached hydrogen (secondary N) is 1. The molecule has 1 saturated heterocycles. The fourth-order valence-corrected chi connectivity index (χ4v) is 2.09. The molecule has 0 bridgehead atoms. The number of hydrogen-bond acceptors (Lipinski definition) is 3. The van der Waals surface area contributed by atoms with Crippen LogP contribution in [0, 0.1) is 0 Å². The van der Waals surface area contributed by atoms with Crippen LogP contribution in [-0.2, 0) is 0 Å². The third-order valence-corrected chi connectivity index (χ3v) is 3.04. The molecule has 0 spiro atoms. The Morgan fingerprint density at radius 1 is 1.26 bits per heavy atom. The quantitative estimate of drug-likeness (QED) is 0.922. The molecule has 0 aromatic heterocycles. The van der Waals surface area contributed by atoms with E-state index in [-0.39, 0.29) is 18.3 Å². The van der Waals surface area contributed by atoms with Crippen LogP contribution in [0.2, 0.25) is 0 Å². The van der Waals surface area contributed by atoms with Crippen molar-refractivity contribution in [3.8, 4) is 5.75 Å². The molecule has 5 heteroatoms. The van der Waals surface area contributed by atoms with E-state index in [4.69, 9.17) is 4.74 Å². The van der Waals surface area contributed by atoms with Crippen molar-refractivity contribution < 1.29 is 9.53 Å². The number of ether oxygens (including phenoxy) is 1. The lowest BCUT2D eigenvalue weighted by molar-refractivity contribution is 0.0766. The van der Waals surface area contributed by atoms with E-state index in [1.165, 1.54) is 0 Å². The van der Waals surface area contributed by atoms with Crippen LogP contribution >= 0.6 is 12.4 Å². The first-order valence-electron chi connectivity index (χ1n) is 6.54. The van der Waals surface area contributed by atoms with Gasteiger partial charge in [0.1, 0.15) is 5.75 Å². The second-order valence-electron chi connectivity index (χ2n) is 4.35. The van der Waals surface area contributed by atoms with E-state index in [0.29, 0.717) is 6.61 Å². The molecule has 0 atom stereocenters. The van der Waals surface area contributed by atoms with Crippen LogP contribution in [0.4, 0.5) is 0 Å². The molecule has 4 nitrogen and oxygen atoms in total. The molecule has 1 amide bonds. The maximum Gasteiger partial charge on any atom is 0.253 e. The van der Waals surface area contributed by atoms with E-state index in [1.807, 2.05) is 36.1 Å². The van der Waals surface area contributed by atoms with Gasteiger partial charge in [-0.3, -0.25) is 4.79 Å². The SMILES string of the molecule is CCOc1ccc(C(=O)N2CCCNCC2)cc1.Cl. The number of amides is 1. The Balaban J connectivity index is 0.00000180. The highest BCUT2D eigenvalue weighted by atomic mass is 35.5. The van der Waals surface area contributed by atoms with E-state index >= 15 is 0 Å². The van der Waals surface area contributed by atoms with Crippen LogP contribution in [-0.4, -0.2) is 43.6 Å². The highest BCUT2D eigenvalue weighted by Gasteiger charge is 2.16.